The lowest BCUT2D eigenvalue weighted by Crippen LogP contribution is -2.20. The summed E-state index contributed by atoms with van der Waals surface area (Å²) in [5.74, 6) is 0. The highest BCUT2D eigenvalue weighted by Gasteiger charge is 2.39. The Morgan fingerprint density at radius 3 is 2.43 bits per heavy atom. The monoisotopic (exact) mass is 94.1 g/mol. The molecule has 0 N–H and O–H groups in total. The van der Waals surface area contributed by atoms with Crippen molar-refractivity contribution >= 4 is 0 Å². The van der Waals surface area contributed by atoms with Gasteiger partial charge in [-0.3, -0.25) is 0 Å². The highest BCUT2D eigenvalue weighted by molar-refractivity contribution is 5.26. The van der Waals surface area contributed by atoms with Crippen LogP contribution >= 0.6 is 0 Å². The van der Waals surface area contributed by atoms with Crippen molar-refractivity contribution in [2.24, 2.45) is 5.41 Å². The van der Waals surface area contributed by atoms with Gasteiger partial charge in [0, 0.05) is 0 Å². The fourth-order valence-electron chi connectivity index (χ4n) is 1.72. The molecular formula is C7H10. The first kappa shape index (κ1) is 3.71. The molecule has 0 aromatic rings. The van der Waals surface area contributed by atoms with E-state index in [0.717, 1.165) is 5.41 Å². The number of hydrogen-bond acceptors (Lipinski definition) is 0. The van der Waals surface area contributed by atoms with Crippen molar-refractivity contribution in [2.45, 2.75) is 26.2 Å². The number of rotatable bonds is 0. The van der Waals surface area contributed by atoms with Gasteiger partial charge >= 0.3 is 0 Å². The van der Waals surface area contributed by atoms with Crippen molar-refractivity contribution in [1.82, 2.24) is 0 Å². The van der Waals surface area contributed by atoms with Gasteiger partial charge in [-0.05, 0) is 24.7 Å². The summed E-state index contributed by atoms with van der Waals surface area (Å²) in [6, 6.07) is 0. The quantitative estimate of drug-likeness (QED) is 0.403. The van der Waals surface area contributed by atoms with Crippen LogP contribution in [0.15, 0.2) is 11.6 Å². The van der Waals surface area contributed by atoms with Gasteiger partial charge in [-0.15, -0.1) is 0 Å². The molecule has 0 saturated heterocycles. The first-order valence-corrected chi connectivity index (χ1v) is 2.96. The summed E-state index contributed by atoms with van der Waals surface area (Å²) in [5, 5.41) is 0. The molecule has 1 fully saturated rings. The Morgan fingerprint density at radius 1 is 1.57 bits per heavy atom. The topological polar surface area (TPSA) is 0 Å². The van der Waals surface area contributed by atoms with Gasteiger partial charge in [0.1, 0.15) is 0 Å². The van der Waals surface area contributed by atoms with Crippen LogP contribution in [0.3, 0.4) is 0 Å². The molecule has 0 atom stereocenters. The van der Waals surface area contributed by atoms with Crippen LogP contribution in [0.4, 0.5) is 0 Å². The Hall–Kier alpha value is -0.260. The zero-order chi connectivity index (χ0) is 4.91. The molecule has 0 aromatic heterocycles. The zero-order valence-electron chi connectivity index (χ0n) is 4.70. The van der Waals surface area contributed by atoms with E-state index < -0.39 is 0 Å². The van der Waals surface area contributed by atoms with Gasteiger partial charge in [0.15, 0.2) is 0 Å². The third-order valence-corrected chi connectivity index (χ3v) is 2.19. The second-order valence-electron chi connectivity index (χ2n) is 3.23. The van der Waals surface area contributed by atoms with Crippen LogP contribution in [-0.2, 0) is 0 Å². The standard InChI is InChI=1S/C7H10/c1-7-3-2-6(4-7)5-7/h2H,3-5H2,1H3. The normalized spacial score (nSPS) is 31.9. The van der Waals surface area contributed by atoms with Crippen LogP contribution in [0, 0.1) is 5.41 Å². The van der Waals surface area contributed by atoms with Crippen LogP contribution < -0.4 is 0 Å². The SMILES string of the molecule is CC12CC=C(C1)C2. The maximum Gasteiger partial charge on any atom is -0.0217 e. The number of allylic oxidation sites excluding steroid dienone is 2. The molecule has 0 amide bonds. The molecule has 3 rings (SSSR count). The Balaban J connectivity index is 2.33. The molecule has 3 aliphatic carbocycles. The lowest BCUT2D eigenvalue weighted by Gasteiger charge is -2.32. The van der Waals surface area contributed by atoms with E-state index >= 15 is 0 Å². The first-order valence-electron chi connectivity index (χ1n) is 2.96. The minimum atomic E-state index is 0.745. The van der Waals surface area contributed by atoms with E-state index in [0.29, 0.717) is 0 Å². The summed E-state index contributed by atoms with van der Waals surface area (Å²) in [7, 11) is 0. The fraction of sp³-hybridized carbons (Fsp3) is 0.714. The second kappa shape index (κ2) is 0.795. The number of hydrogen-bond donors (Lipinski definition) is 0. The van der Waals surface area contributed by atoms with Gasteiger partial charge < -0.3 is 0 Å². The van der Waals surface area contributed by atoms with Crippen LogP contribution in [0.5, 0.6) is 0 Å². The Labute approximate surface area is 44.2 Å². The maximum absolute atomic E-state index is 2.40. The maximum atomic E-state index is 2.40. The largest absolute Gasteiger partial charge is 0.0847 e. The van der Waals surface area contributed by atoms with Crippen molar-refractivity contribution in [2.75, 3.05) is 0 Å². The summed E-state index contributed by atoms with van der Waals surface area (Å²) < 4.78 is 0. The molecular weight excluding hydrogens is 84.1 g/mol. The van der Waals surface area contributed by atoms with Gasteiger partial charge in [0.25, 0.3) is 0 Å². The lowest BCUT2D eigenvalue weighted by atomic mass is 9.72. The van der Waals surface area contributed by atoms with Gasteiger partial charge in [0.05, 0.1) is 0 Å². The molecule has 2 bridgehead atoms. The summed E-state index contributed by atoms with van der Waals surface area (Å²) in [6.45, 7) is 2.38. The summed E-state index contributed by atoms with van der Waals surface area (Å²) in [4.78, 5) is 0. The van der Waals surface area contributed by atoms with Gasteiger partial charge in [-0.1, -0.05) is 18.6 Å². The molecule has 0 heteroatoms. The van der Waals surface area contributed by atoms with Crippen molar-refractivity contribution in [3.05, 3.63) is 11.6 Å². The predicted molar refractivity (Wildman–Crippen MR) is 30.0 cm³/mol. The molecule has 38 valence electrons. The summed E-state index contributed by atoms with van der Waals surface area (Å²) >= 11 is 0. The molecule has 0 aromatic carbocycles. The van der Waals surface area contributed by atoms with Crippen LogP contribution in [-0.4, -0.2) is 0 Å². The van der Waals surface area contributed by atoms with Crippen LogP contribution in [0.2, 0.25) is 0 Å². The second-order valence-corrected chi connectivity index (χ2v) is 3.23. The average Bonchev–Trinajstić information content (AvgIpc) is 1.88. The van der Waals surface area contributed by atoms with Gasteiger partial charge in [0.2, 0.25) is 0 Å². The fourth-order valence-corrected chi connectivity index (χ4v) is 1.72. The molecule has 0 heterocycles. The lowest BCUT2D eigenvalue weighted by molar-refractivity contribution is 0.279. The predicted octanol–water partition coefficient (Wildman–Crippen LogP) is 2.12. The zero-order valence-corrected chi connectivity index (χ0v) is 4.70. The molecule has 0 radical (unpaired) electrons. The van der Waals surface area contributed by atoms with Crippen molar-refractivity contribution in [3.63, 3.8) is 0 Å². The first-order chi connectivity index (χ1) is 3.29. The minimum absolute atomic E-state index is 0.745. The highest BCUT2D eigenvalue weighted by atomic mass is 14.4. The minimum Gasteiger partial charge on any atom is -0.0847 e. The highest BCUT2D eigenvalue weighted by Crippen LogP contribution is 2.53. The average molecular weight is 94.2 g/mol. The third-order valence-electron chi connectivity index (χ3n) is 2.19. The van der Waals surface area contributed by atoms with E-state index in [4.69, 9.17) is 0 Å². The molecule has 7 heavy (non-hydrogen) atoms. The Kier molecular flexibility index (Phi) is 0.421. The van der Waals surface area contributed by atoms with E-state index in [1.807, 2.05) is 0 Å². The van der Waals surface area contributed by atoms with E-state index in [1.54, 1.807) is 5.57 Å². The van der Waals surface area contributed by atoms with Gasteiger partial charge in [-0.25, -0.2) is 0 Å². The van der Waals surface area contributed by atoms with Crippen molar-refractivity contribution in [3.8, 4) is 0 Å². The molecule has 0 aliphatic heterocycles. The Morgan fingerprint density at radius 2 is 2.29 bits per heavy atom. The van der Waals surface area contributed by atoms with E-state index in [9.17, 15) is 0 Å². The molecule has 0 unspecified atom stereocenters. The van der Waals surface area contributed by atoms with Crippen LogP contribution in [0.1, 0.15) is 26.2 Å². The molecule has 3 aliphatic rings. The summed E-state index contributed by atoms with van der Waals surface area (Å²) in [5.41, 5.74) is 2.46. The number of fused-ring (bicyclic) bond motifs is 1. The Bertz CT molecular complexity index is 117. The van der Waals surface area contributed by atoms with E-state index in [-0.39, 0.29) is 0 Å². The van der Waals surface area contributed by atoms with Crippen molar-refractivity contribution < 1.29 is 0 Å². The van der Waals surface area contributed by atoms with Gasteiger partial charge in [-0.2, -0.15) is 0 Å². The molecule has 0 spiro atoms. The van der Waals surface area contributed by atoms with E-state index in [1.165, 1.54) is 19.3 Å². The molecule has 0 nitrogen and oxygen atoms in total. The third kappa shape index (κ3) is 0.324. The van der Waals surface area contributed by atoms with Crippen LogP contribution in [0.25, 0.3) is 0 Å². The molecule has 1 saturated carbocycles. The summed E-state index contributed by atoms with van der Waals surface area (Å²) in [6.07, 6.45) is 6.59. The van der Waals surface area contributed by atoms with Crippen molar-refractivity contribution in [1.29, 1.82) is 0 Å². The smallest absolute Gasteiger partial charge is 0.0217 e. The van der Waals surface area contributed by atoms with E-state index in [2.05, 4.69) is 13.0 Å².